The quantitative estimate of drug-likeness (QED) is 0.677. The molecule has 23 heavy (non-hydrogen) atoms. The Morgan fingerprint density at radius 1 is 0.957 bits per heavy atom. The summed E-state index contributed by atoms with van der Waals surface area (Å²) in [4.78, 5) is 0. The summed E-state index contributed by atoms with van der Waals surface area (Å²) in [6, 6.07) is 18.6. The molecule has 0 radical (unpaired) electrons. The van der Waals surface area contributed by atoms with Crippen LogP contribution in [-0.4, -0.2) is 20.5 Å². The van der Waals surface area contributed by atoms with Crippen LogP contribution in [0.3, 0.4) is 0 Å². The summed E-state index contributed by atoms with van der Waals surface area (Å²) in [6.07, 6.45) is 0. The molecule has 0 N–H and O–H groups in total. The van der Waals surface area contributed by atoms with Gasteiger partial charge < -0.3 is 0 Å². The van der Waals surface area contributed by atoms with Crippen molar-refractivity contribution in [3.63, 3.8) is 0 Å². The van der Waals surface area contributed by atoms with Crippen LogP contribution >= 0.6 is 11.8 Å². The molecular weight excluding hydrogens is 304 g/mol. The largest absolute Gasteiger partial charge is 0.270 e. The number of hydrogen-bond donors (Lipinski definition) is 0. The number of aryl methyl sites for hydroxylation is 2. The van der Waals surface area contributed by atoms with Crippen molar-refractivity contribution < 1.29 is 0 Å². The van der Waals surface area contributed by atoms with Crippen LogP contribution in [0.5, 0.6) is 0 Å². The third-order valence-electron chi connectivity index (χ3n) is 3.50. The van der Waals surface area contributed by atoms with Crippen LogP contribution in [0.15, 0.2) is 53.7 Å². The standard InChI is InChI=1S/C18H16N4S/c1-13-3-7-15(8-4-13)17-20-21-18(23-12-11-19)22(17)16-9-5-14(2)6-10-16/h3-10H,12H2,1-2H3. The van der Waals surface area contributed by atoms with E-state index in [1.807, 2.05) is 28.8 Å². The topological polar surface area (TPSA) is 54.5 Å². The molecule has 0 amide bonds. The minimum atomic E-state index is 0.345. The van der Waals surface area contributed by atoms with Crippen LogP contribution in [0.2, 0.25) is 0 Å². The maximum Gasteiger partial charge on any atom is 0.197 e. The fraction of sp³-hybridized carbons (Fsp3) is 0.167. The van der Waals surface area contributed by atoms with Gasteiger partial charge >= 0.3 is 0 Å². The maximum atomic E-state index is 8.85. The van der Waals surface area contributed by atoms with Gasteiger partial charge in [0.2, 0.25) is 0 Å². The van der Waals surface area contributed by atoms with E-state index in [1.54, 1.807) is 0 Å². The van der Waals surface area contributed by atoms with Crippen molar-refractivity contribution in [3.8, 4) is 23.1 Å². The summed E-state index contributed by atoms with van der Waals surface area (Å²) in [5.74, 6) is 1.13. The van der Waals surface area contributed by atoms with Crippen LogP contribution in [0.1, 0.15) is 11.1 Å². The van der Waals surface area contributed by atoms with E-state index < -0.39 is 0 Å². The fourth-order valence-corrected chi connectivity index (χ4v) is 2.89. The van der Waals surface area contributed by atoms with Gasteiger partial charge in [0.25, 0.3) is 0 Å². The number of thioether (sulfide) groups is 1. The highest BCUT2D eigenvalue weighted by molar-refractivity contribution is 7.99. The Balaban J connectivity index is 2.12. The highest BCUT2D eigenvalue weighted by Crippen LogP contribution is 2.28. The number of nitriles is 1. The van der Waals surface area contributed by atoms with Crippen molar-refractivity contribution in [2.24, 2.45) is 0 Å². The lowest BCUT2D eigenvalue weighted by atomic mass is 10.1. The summed E-state index contributed by atoms with van der Waals surface area (Å²) < 4.78 is 2.01. The molecule has 114 valence electrons. The molecule has 0 unspecified atom stereocenters. The van der Waals surface area contributed by atoms with E-state index in [1.165, 1.54) is 22.9 Å². The molecule has 0 atom stereocenters. The van der Waals surface area contributed by atoms with Crippen molar-refractivity contribution in [1.82, 2.24) is 14.8 Å². The predicted octanol–water partition coefficient (Wildman–Crippen LogP) is 4.17. The van der Waals surface area contributed by atoms with Crippen molar-refractivity contribution >= 4 is 11.8 Å². The average Bonchev–Trinajstić information content (AvgIpc) is 2.98. The molecule has 0 aliphatic carbocycles. The number of benzene rings is 2. The molecular formula is C18H16N4S. The molecule has 0 saturated carbocycles. The zero-order valence-corrected chi connectivity index (χ0v) is 13.8. The van der Waals surface area contributed by atoms with Gasteiger partial charge in [0.15, 0.2) is 11.0 Å². The number of nitrogens with zero attached hydrogens (tertiary/aromatic N) is 4. The molecule has 5 heteroatoms. The van der Waals surface area contributed by atoms with Crippen LogP contribution < -0.4 is 0 Å². The highest BCUT2D eigenvalue weighted by atomic mass is 32.2. The summed E-state index contributed by atoms with van der Waals surface area (Å²) in [6.45, 7) is 4.12. The molecule has 0 fully saturated rings. The molecule has 0 spiro atoms. The van der Waals surface area contributed by atoms with Crippen molar-refractivity contribution in [1.29, 1.82) is 5.26 Å². The molecule has 0 saturated heterocycles. The SMILES string of the molecule is Cc1ccc(-c2nnc(SCC#N)n2-c2ccc(C)cc2)cc1. The minimum absolute atomic E-state index is 0.345. The van der Waals surface area contributed by atoms with Crippen molar-refractivity contribution in [3.05, 3.63) is 59.7 Å². The molecule has 1 aromatic heterocycles. The Kier molecular flexibility index (Phi) is 4.45. The van der Waals surface area contributed by atoms with Gasteiger partial charge in [-0.3, -0.25) is 4.57 Å². The van der Waals surface area contributed by atoms with Gasteiger partial charge in [-0.25, -0.2) is 0 Å². The number of hydrogen-bond acceptors (Lipinski definition) is 4. The van der Waals surface area contributed by atoms with Gasteiger partial charge in [-0.1, -0.05) is 59.3 Å². The van der Waals surface area contributed by atoms with Gasteiger partial charge in [-0.15, -0.1) is 10.2 Å². The molecule has 0 bridgehead atoms. The van der Waals surface area contributed by atoms with Crippen LogP contribution in [0.25, 0.3) is 17.1 Å². The Labute approximate surface area is 139 Å². The minimum Gasteiger partial charge on any atom is -0.270 e. The summed E-state index contributed by atoms with van der Waals surface area (Å²) in [5, 5.41) is 18.2. The second-order valence-electron chi connectivity index (χ2n) is 5.29. The zero-order chi connectivity index (χ0) is 16.2. The van der Waals surface area contributed by atoms with Crippen LogP contribution in [0.4, 0.5) is 0 Å². The zero-order valence-electron chi connectivity index (χ0n) is 13.0. The van der Waals surface area contributed by atoms with E-state index in [0.29, 0.717) is 5.75 Å². The first-order valence-electron chi connectivity index (χ1n) is 7.28. The van der Waals surface area contributed by atoms with Crippen molar-refractivity contribution in [2.45, 2.75) is 19.0 Å². The Hall–Kier alpha value is -2.58. The Morgan fingerprint density at radius 3 is 2.17 bits per heavy atom. The van der Waals surface area contributed by atoms with Crippen molar-refractivity contribution in [2.75, 3.05) is 5.75 Å². The Bertz CT molecular complexity index is 842. The van der Waals surface area contributed by atoms with E-state index in [9.17, 15) is 0 Å². The van der Waals surface area contributed by atoms with Crippen LogP contribution in [0, 0.1) is 25.2 Å². The first-order chi connectivity index (χ1) is 11.2. The summed E-state index contributed by atoms with van der Waals surface area (Å²) in [7, 11) is 0. The highest BCUT2D eigenvalue weighted by Gasteiger charge is 2.15. The van der Waals surface area contributed by atoms with Gasteiger partial charge in [0, 0.05) is 11.3 Å². The number of aromatic nitrogens is 3. The van der Waals surface area contributed by atoms with Crippen LogP contribution in [-0.2, 0) is 0 Å². The molecule has 4 nitrogen and oxygen atoms in total. The molecule has 3 aromatic rings. The Morgan fingerprint density at radius 2 is 1.57 bits per heavy atom. The van der Waals surface area contributed by atoms with Gasteiger partial charge in [0.1, 0.15) is 0 Å². The third kappa shape index (κ3) is 3.27. The fourth-order valence-electron chi connectivity index (χ4n) is 2.28. The van der Waals surface area contributed by atoms with E-state index in [0.717, 1.165) is 22.2 Å². The van der Waals surface area contributed by atoms with Gasteiger partial charge in [0.05, 0.1) is 11.8 Å². The first kappa shape index (κ1) is 15.3. The molecule has 0 aliphatic rings. The first-order valence-corrected chi connectivity index (χ1v) is 8.27. The second-order valence-corrected chi connectivity index (χ2v) is 6.23. The smallest absolute Gasteiger partial charge is 0.197 e. The summed E-state index contributed by atoms with van der Waals surface area (Å²) in [5.41, 5.74) is 4.41. The maximum absolute atomic E-state index is 8.85. The lowest BCUT2D eigenvalue weighted by Crippen LogP contribution is -2.00. The van der Waals surface area contributed by atoms with E-state index in [-0.39, 0.29) is 0 Å². The third-order valence-corrected chi connectivity index (χ3v) is 4.30. The van der Waals surface area contributed by atoms with Gasteiger partial charge in [-0.2, -0.15) is 5.26 Å². The molecule has 0 aliphatic heterocycles. The van der Waals surface area contributed by atoms with E-state index >= 15 is 0 Å². The molecule has 3 rings (SSSR count). The lowest BCUT2D eigenvalue weighted by molar-refractivity contribution is 0.887. The number of rotatable bonds is 4. The predicted molar refractivity (Wildman–Crippen MR) is 92.6 cm³/mol. The monoisotopic (exact) mass is 320 g/mol. The average molecular weight is 320 g/mol. The van der Waals surface area contributed by atoms with Gasteiger partial charge in [-0.05, 0) is 26.0 Å². The van der Waals surface area contributed by atoms with E-state index in [4.69, 9.17) is 5.26 Å². The normalized spacial score (nSPS) is 10.5. The molecule has 2 aromatic carbocycles. The molecule has 1 heterocycles. The summed E-state index contributed by atoms with van der Waals surface area (Å²) >= 11 is 1.39. The lowest BCUT2D eigenvalue weighted by Gasteiger charge is -2.10. The second kappa shape index (κ2) is 6.67. The van der Waals surface area contributed by atoms with E-state index in [2.05, 4.69) is 54.4 Å².